The van der Waals surface area contributed by atoms with E-state index in [2.05, 4.69) is 214 Å². The number of hydrogen-bond donors (Lipinski definition) is 4. The third-order valence-electron chi connectivity index (χ3n) is 13.3. The van der Waals surface area contributed by atoms with E-state index in [0.29, 0.717) is 28.2 Å². The molecule has 94 heavy (non-hydrogen) atoms. The molecule has 24 nitrogen and oxygen atoms in total. The van der Waals surface area contributed by atoms with E-state index in [1.807, 2.05) is 104 Å². The number of amides is 3. The summed E-state index contributed by atoms with van der Waals surface area (Å²) in [6.45, 7) is 1.50. The summed E-state index contributed by atoms with van der Waals surface area (Å²) in [5.74, 6) is -1.80. The molecule has 34 heteroatoms. The number of fused-ring (bicyclic) bond motifs is 5. The number of hydrogen-bond acceptors (Lipinski definition) is 15. The minimum atomic E-state index is -1.01. The Morgan fingerprint density at radius 1 is 0.543 bits per heavy atom. The second-order valence-electron chi connectivity index (χ2n) is 18.7. The van der Waals surface area contributed by atoms with Crippen molar-refractivity contribution in [2.24, 2.45) is 0 Å². The molecule has 3 amide bonds. The molecule has 5 aromatic heterocycles. The van der Waals surface area contributed by atoms with Gasteiger partial charge in [-0.15, -0.1) is 24.0 Å². The first-order valence-electron chi connectivity index (χ1n) is 27.1. The molecule has 0 radical (unpaired) electrons. The van der Waals surface area contributed by atoms with Gasteiger partial charge in [-0.05, 0) is 183 Å². The second-order valence-corrected chi connectivity index (χ2v) is 57.8. The number of ether oxygens (including phenoxy) is 2. The molecule has 2 aliphatic rings. The van der Waals surface area contributed by atoms with Gasteiger partial charge in [0.2, 0.25) is 0 Å². The van der Waals surface area contributed by atoms with Crippen LogP contribution in [0.25, 0.3) is 54.5 Å². The van der Waals surface area contributed by atoms with Gasteiger partial charge in [0.15, 0.2) is 41.5 Å². The van der Waals surface area contributed by atoms with Gasteiger partial charge in [-0.1, -0.05) is 96.4 Å². The fourth-order valence-corrected chi connectivity index (χ4v) is 10.3. The minimum absolute atomic E-state index is 0. The maximum atomic E-state index is 12.5. The summed E-state index contributed by atoms with van der Waals surface area (Å²) >= 11 is 18.4. The van der Waals surface area contributed by atoms with Gasteiger partial charge in [-0.2, -0.15) is 25.5 Å². The van der Waals surface area contributed by atoms with Crippen LogP contribution >= 0.6 is 197 Å². The first kappa shape index (κ1) is 88.0. The molecule has 0 bridgehead atoms. The van der Waals surface area contributed by atoms with Gasteiger partial charge < -0.3 is 14.6 Å². The normalized spacial score (nSPS) is 13.5. The Bertz CT molecular complexity index is 3990. The van der Waals surface area contributed by atoms with Crippen molar-refractivity contribution in [3.63, 3.8) is 0 Å². The molecule has 0 aliphatic carbocycles. The van der Waals surface area contributed by atoms with Crippen LogP contribution in [0.5, 0.6) is 0 Å². The summed E-state index contributed by atoms with van der Waals surface area (Å²) in [5, 5.41) is 45.0. The number of carbonyl (C=O) groups excluding carboxylic acids is 4. The number of hydroxylamine groups is 6. The number of carboxylic acid groups (broad SMARTS) is 1. The fourth-order valence-electron chi connectivity index (χ4n) is 8.87. The quantitative estimate of drug-likeness (QED) is 0.0428. The Kier molecular flexibility index (Phi) is 42.8. The molecule has 2 saturated heterocycles. The molecular weight excluding hydrogens is 2270 g/mol. The second kappa shape index (κ2) is 45.7. The molecule has 0 saturated carbocycles. The number of nitrogens with zero attached hydrogens (tertiary/aromatic N) is 10. The summed E-state index contributed by atoms with van der Waals surface area (Å²) in [7, 11) is 9.02. The summed E-state index contributed by atoms with van der Waals surface area (Å²) < 4.78 is 18.5. The number of H-pyrrole nitrogens is 3. The number of aldehydes is 1. The summed E-state index contributed by atoms with van der Waals surface area (Å²) in [5.41, 5.74) is 6.03. The number of aromatic nitrogens is 10. The van der Waals surface area contributed by atoms with E-state index in [1.54, 1.807) is 39.3 Å². The molecular formula is C60H73I9N13O11V. The number of benzene rings is 5. The monoisotopic (exact) mass is 2340 g/mol. The third-order valence-corrected chi connectivity index (χ3v) is 15.3. The van der Waals surface area contributed by atoms with Crippen molar-refractivity contribution in [2.75, 3.05) is 65.5 Å². The van der Waals surface area contributed by atoms with E-state index < -0.39 is 5.97 Å². The van der Waals surface area contributed by atoms with E-state index in [-0.39, 0.29) is 79.6 Å². The van der Waals surface area contributed by atoms with Crippen LogP contribution in [-0.4, -0.2) is 166 Å². The van der Waals surface area contributed by atoms with Gasteiger partial charge in [0, 0.05) is 72.0 Å². The van der Waals surface area contributed by atoms with Gasteiger partial charge in [0.1, 0.15) is 5.69 Å². The molecule has 4 N–H and O–H groups in total. The van der Waals surface area contributed by atoms with Crippen LogP contribution in [0.4, 0.5) is 0 Å². The predicted octanol–water partition coefficient (Wildman–Crippen LogP) is 17.0. The number of carboxylic acids is 1. The molecule has 0 spiro atoms. The number of aromatic carboxylic acids is 1. The molecule has 7 heterocycles. The van der Waals surface area contributed by atoms with E-state index in [1.165, 1.54) is 26.4 Å². The first-order chi connectivity index (χ1) is 43.8. The van der Waals surface area contributed by atoms with Crippen molar-refractivity contribution >= 4 is 281 Å². The molecule has 5 aromatic carbocycles. The number of carbonyl (C=O) groups is 5. The van der Waals surface area contributed by atoms with E-state index >= 15 is 0 Å². The maximum absolute atomic E-state index is 12.5. The predicted molar refractivity (Wildman–Crippen MR) is 444 cm³/mol. The van der Waals surface area contributed by atoms with Crippen molar-refractivity contribution in [1.29, 1.82) is 0 Å². The Balaban J connectivity index is 0.000000390. The average molecular weight is 2350 g/mol. The van der Waals surface area contributed by atoms with Crippen molar-refractivity contribution in [3.8, 4) is 0 Å². The van der Waals surface area contributed by atoms with Gasteiger partial charge >= 0.3 is 70.8 Å². The molecule has 2 unspecified atom stereocenters. The first-order valence-corrected chi connectivity index (χ1v) is 48.1. The number of halogens is 9. The molecule has 12 rings (SSSR count). The summed E-state index contributed by atoms with van der Waals surface area (Å²) in [6.07, 6.45) is 6.99. The zero-order valence-corrected chi connectivity index (χ0v) is 71.6. The van der Waals surface area contributed by atoms with Crippen LogP contribution in [0.15, 0.2) is 103 Å². The number of rotatable bonds is 10. The zero-order chi connectivity index (χ0) is 66.9. The summed E-state index contributed by atoms with van der Waals surface area (Å²) in [6, 6.07) is 32.3. The number of para-hydroxylation sites is 2. The SMILES string of the molecule is C.C.CI.CI.CON(C)C(=O)c1n[nH]c2ccc(I)cc12.CON(C)C(=O)c1n[nH]c2ccccc12.CON(C)C(=O)c1nn(C2CCCCO2)c2ccc(I)cc12.I.O=C(O)c1n[nH]c2ccccc12.O=Cc1nn(C2CCCCO2)c2ccc(I)cc12.[I][V]([I])[I]. The van der Waals surface area contributed by atoms with E-state index in [9.17, 15) is 24.0 Å². The van der Waals surface area contributed by atoms with Crippen LogP contribution in [-0.2, 0) is 28.9 Å². The molecule has 2 aliphatic heterocycles. The Morgan fingerprint density at radius 2 is 0.904 bits per heavy atom. The average Bonchev–Trinajstić information content (AvgIpc) is 1.64. The molecule has 10 aromatic rings. The number of nitrogens with one attached hydrogen (secondary N) is 3. The van der Waals surface area contributed by atoms with Gasteiger partial charge in [0.25, 0.3) is 17.7 Å². The Hall–Kier alpha value is -2.05. The fraction of sp³-hybridized carbons (Fsp3) is 0.333. The van der Waals surface area contributed by atoms with Crippen molar-refractivity contribution in [3.05, 3.63) is 142 Å². The molecule has 2 fully saturated rings. The molecule has 2 atom stereocenters. The van der Waals surface area contributed by atoms with Crippen LogP contribution in [0.3, 0.4) is 0 Å². The summed E-state index contributed by atoms with van der Waals surface area (Å²) in [4.78, 5) is 76.2. The topological polar surface area (TPSA) is 283 Å². The standard InChI is InChI=1S/C15H18IN3O3.C13H13IN2O2.C10H10IN3O2.C10H11N3O2.C8H6N2O2.2CH3I.2CH4.4HI.V/c1-18(21-2)15(20)14-11-9-10(16)6-7-12(11)19(17-14)13-5-3-4-8-22-13;14-9-4-5-12-10(7-9)11(8-17)15-16(12)13-3-1-2-6-18-13;1-14(16-2)10(15)9-7-5-6(11)3-4-8(7)12-13-9;1-13(15-2)10(14)9-7-5-3-4-6-8(7)11-12-9;11-8(12)7-5-3-1-2-4-6(5)9-10-7;2*1-2;;;;;;;/h6-7,9,13H,3-5,8H2,1-2H3;4-5,7-8,13H,1-3,6H2;3-5H,1-2H3,(H,12,13);3-6H,1-2H3,(H,11,12);1-4H,(H,9,10)(H,11,12);2*1H3;2*1H4;4*1H;/q;;;;;;;;;;;;;+3/p-3. The van der Waals surface area contributed by atoms with Gasteiger partial charge in [-0.3, -0.25) is 49.0 Å². The Labute approximate surface area is 668 Å². The van der Waals surface area contributed by atoms with Crippen LogP contribution < -0.4 is 0 Å². The van der Waals surface area contributed by atoms with Crippen LogP contribution in [0.1, 0.15) is 118 Å². The van der Waals surface area contributed by atoms with Crippen molar-refractivity contribution in [2.45, 2.75) is 65.8 Å². The third kappa shape index (κ3) is 24.6. The number of alkyl halides is 2. The number of aromatic amines is 3. The zero-order valence-electron chi connectivity index (χ0n) is 50.6. The van der Waals surface area contributed by atoms with Gasteiger partial charge in [0.05, 0.1) is 48.9 Å². The van der Waals surface area contributed by atoms with Crippen LogP contribution in [0.2, 0.25) is 0 Å². The van der Waals surface area contributed by atoms with E-state index in [4.69, 9.17) is 29.1 Å². The molecule has 512 valence electrons. The van der Waals surface area contributed by atoms with Crippen molar-refractivity contribution in [1.82, 2.24) is 65.3 Å². The van der Waals surface area contributed by atoms with E-state index in [0.717, 1.165) is 128 Å². The van der Waals surface area contributed by atoms with Crippen molar-refractivity contribution < 1.29 is 58.0 Å². The van der Waals surface area contributed by atoms with Crippen LogP contribution in [0, 0.1) is 10.7 Å². The Morgan fingerprint density at radius 3 is 1.33 bits per heavy atom. The van der Waals surface area contributed by atoms with Gasteiger partial charge in [-0.25, -0.2) is 29.3 Å².